The molecule has 2 saturated heterocycles. The molecule has 2 amide bonds. The van der Waals surface area contributed by atoms with Crippen molar-refractivity contribution in [2.75, 3.05) is 26.2 Å². The third-order valence-corrected chi connectivity index (χ3v) is 5.80. The first kappa shape index (κ1) is 24.8. The Kier molecular flexibility index (Phi) is 8.43. The molecule has 0 aromatic carbocycles. The summed E-state index contributed by atoms with van der Waals surface area (Å²) in [6, 6.07) is 0.182. The summed E-state index contributed by atoms with van der Waals surface area (Å²) in [6.45, 7) is 14.4. The van der Waals surface area contributed by atoms with Crippen molar-refractivity contribution in [2.24, 2.45) is 17.6 Å². The van der Waals surface area contributed by atoms with E-state index < -0.39 is 11.2 Å². The number of hydrogen-bond acceptors (Lipinski definition) is 5. The molecule has 2 fully saturated rings. The van der Waals surface area contributed by atoms with Gasteiger partial charge in [-0.3, -0.25) is 0 Å². The highest BCUT2D eigenvalue weighted by molar-refractivity contribution is 5.68. The SMILES string of the molecule is CC(C)(C)OC(=O)N1CCC(CC(N)CC2CCN(C(=O)OC(C)(C)C)CC2)CC1. The van der Waals surface area contributed by atoms with Gasteiger partial charge in [-0.1, -0.05) is 0 Å². The van der Waals surface area contributed by atoms with Crippen LogP contribution in [0.2, 0.25) is 0 Å². The summed E-state index contributed by atoms with van der Waals surface area (Å²) >= 11 is 0. The van der Waals surface area contributed by atoms with Gasteiger partial charge in [0.25, 0.3) is 0 Å². The summed E-state index contributed by atoms with van der Waals surface area (Å²) in [6.07, 6.45) is 5.56. The first-order valence-electron chi connectivity index (χ1n) is 11.5. The summed E-state index contributed by atoms with van der Waals surface area (Å²) in [5.41, 5.74) is 5.58. The second-order valence-electron chi connectivity index (χ2n) is 11.1. The van der Waals surface area contributed by atoms with Crippen LogP contribution in [-0.2, 0) is 9.47 Å². The van der Waals surface area contributed by atoms with Gasteiger partial charge in [0.2, 0.25) is 0 Å². The van der Waals surface area contributed by atoms with E-state index in [1.165, 1.54) is 0 Å². The van der Waals surface area contributed by atoms with Crippen LogP contribution in [0.4, 0.5) is 9.59 Å². The fourth-order valence-electron chi connectivity index (χ4n) is 4.31. The highest BCUT2D eigenvalue weighted by Gasteiger charge is 2.30. The van der Waals surface area contributed by atoms with Crippen molar-refractivity contribution in [1.82, 2.24) is 9.80 Å². The molecule has 0 aliphatic carbocycles. The summed E-state index contributed by atoms with van der Waals surface area (Å²) in [7, 11) is 0. The molecule has 0 aromatic rings. The van der Waals surface area contributed by atoms with E-state index in [1.807, 2.05) is 51.3 Å². The zero-order valence-corrected chi connectivity index (χ0v) is 19.9. The van der Waals surface area contributed by atoms with Gasteiger partial charge in [0, 0.05) is 32.2 Å². The lowest BCUT2D eigenvalue weighted by molar-refractivity contribution is 0.0177. The molecule has 7 nitrogen and oxygen atoms in total. The largest absolute Gasteiger partial charge is 0.444 e. The molecule has 2 rings (SSSR count). The minimum absolute atomic E-state index is 0.182. The van der Waals surface area contributed by atoms with Gasteiger partial charge >= 0.3 is 12.2 Å². The monoisotopic (exact) mass is 425 g/mol. The Morgan fingerprint density at radius 3 is 1.33 bits per heavy atom. The summed E-state index contributed by atoms with van der Waals surface area (Å²) < 4.78 is 10.9. The minimum atomic E-state index is -0.449. The van der Waals surface area contributed by atoms with Crippen molar-refractivity contribution in [2.45, 2.75) is 97.3 Å². The quantitative estimate of drug-likeness (QED) is 0.722. The topological polar surface area (TPSA) is 85.1 Å². The first-order chi connectivity index (χ1) is 13.8. The molecule has 0 aromatic heterocycles. The number of nitrogens with zero attached hydrogens (tertiary/aromatic N) is 2. The Labute approximate surface area is 182 Å². The zero-order valence-electron chi connectivity index (χ0n) is 19.9. The van der Waals surface area contributed by atoms with Crippen molar-refractivity contribution >= 4 is 12.2 Å². The van der Waals surface area contributed by atoms with Crippen LogP contribution in [0.15, 0.2) is 0 Å². The van der Waals surface area contributed by atoms with Crippen LogP contribution < -0.4 is 5.73 Å². The van der Waals surface area contributed by atoms with Gasteiger partial charge in [0.1, 0.15) is 11.2 Å². The fourth-order valence-corrected chi connectivity index (χ4v) is 4.31. The van der Waals surface area contributed by atoms with E-state index in [0.29, 0.717) is 11.8 Å². The zero-order chi connectivity index (χ0) is 22.5. The molecule has 0 saturated carbocycles. The van der Waals surface area contributed by atoms with E-state index in [4.69, 9.17) is 15.2 Å². The minimum Gasteiger partial charge on any atom is -0.444 e. The molecule has 0 radical (unpaired) electrons. The van der Waals surface area contributed by atoms with E-state index >= 15 is 0 Å². The van der Waals surface area contributed by atoms with Gasteiger partial charge in [0.15, 0.2) is 0 Å². The molecule has 7 heteroatoms. The van der Waals surface area contributed by atoms with Crippen molar-refractivity contribution in [3.8, 4) is 0 Å². The average molecular weight is 426 g/mol. The average Bonchev–Trinajstić information content (AvgIpc) is 2.60. The summed E-state index contributed by atoms with van der Waals surface area (Å²) in [4.78, 5) is 28.0. The van der Waals surface area contributed by atoms with E-state index in [1.54, 1.807) is 0 Å². The third kappa shape index (κ3) is 8.70. The van der Waals surface area contributed by atoms with Crippen molar-refractivity contribution in [1.29, 1.82) is 0 Å². The molecule has 2 N–H and O–H groups in total. The molecule has 0 unspecified atom stereocenters. The predicted molar refractivity (Wildman–Crippen MR) is 118 cm³/mol. The second-order valence-corrected chi connectivity index (χ2v) is 11.1. The lowest BCUT2D eigenvalue weighted by Gasteiger charge is -2.36. The van der Waals surface area contributed by atoms with E-state index in [-0.39, 0.29) is 18.2 Å². The summed E-state index contributed by atoms with van der Waals surface area (Å²) in [5.74, 6) is 1.14. The van der Waals surface area contributed by atoms with Crippen LogP contribution in [0.3, 0.4) is 0 Å². The Morgan fingerprint density at radius 1 is 0.767 bits per heavy atom. The van der Waals surface area contributed by atoms with Gasteiger partial charge in [0.05, 0.1) is 0 Å². The second kappa shape index (κ2) is 10.2. The van der Waals surface area contributed by atoms with Crippen LogP contribution in [-0.4, -0.2) is 65.4 Å². The maximum Gasteiger partial charge on any atom is 0.410 e. The van der Waals surface area contributed by atoms with Gasteiger partial charge in [-0.25, -0.2) is 9.59 Å². The van der Waals surface area contributed by atoms with Gasteiger partial charge in [-0.05, 0) is 91.9 Å². The van der Waals surface area contributed by atoms with Crippen molar-refractivity contribution < 1.29 is 19.1 Å². The smallest absolute Gasteiger partial charge is 0.410 e. The Balaban J connectivity index is 1.66. The van der Waals surface area contributed by atoms with E-state index in [0.717, 1.165) is 64.7 Å². The molecule has 0 spiro atoms. The number of ether oxygens (including phenoxy) is 2. The van der Waals surface area contributed by atoms with Crippen LogP contribution >= 0.6 is 0 Å². The van der Waals surface area contributed by atoms with Crippen molar-refractivity contribution in [3.63, 3.8) is 0 Å². The molecule has 2 aliphatic heterocycles. The number of rotatable bonds is 4. The third-order valence-electron chi connectivity index (χ3n) is 5.80. The maximum atomic E-state index is 12.2. The lowest BCUT2D eigenvalue weighted by Crippen LogP contribution is -2.43. The number of amides is 2. The molecule has 174 valence electrons. The molecule has 0 atom stereocenters. The molecular weight excluding hydrogens is 382 g/mol. The standard InChI is InChI=1S/C23H43N3O4/c1-22(2,3)29-20(27)25-11-7-17(8-12-25)15-19(24)16-18-9-13-26(14-10-18)21(28)30-23(4,5)6/h17-19H,7-16,24H2,1-6H3. The predicted octanol–water partition coefficient (Wildman–Crippen LogP) is 4.39. The highest BCUT2D eigenvalue weighted by atomic mass is 16.6. The van der Waals surface area contributed by atoms with Crippen LogP contribution in [0.25, 0.3) is 0 Å². The first-order valence-corrected chi connectivity index (χ1v) is 11.5. The van der Waals surface area contributed by atoms with Crippen LogP contribution in [0, 0.1) is 11.8 Å². The van der Waals surface area contributed by atoms with E-state index in [9.17, 15) is 9.59 Å². The molecular formula is C23H43N3O4. The lowest BCUT2D eigenvalue weighted by atomic mass is 9.84. The Hall–Kier alpha value is -1.50. The Morgan fingerprint density at radius 2 is 1.07 bits per heavy atom. The maximum absolute atomic E-state index is 12.2. The number of carbonyl (C=O) groups excluding carboxylic acids is 2. The van der Waals surface area contributed by atoms with Gasteiger partial charge in [-0.2, -0.15) is 0 Å². The normalized spacial score (nSPS) is 19.9. The van der Waals surface area contributed by atoms with E-state index in [2.05, 4.69) is 0 Å². The molecule has 0 bridgehead atoms. The number of likely N-dealkylation sites (tertiary alicyclic amines) is 2. The molecule has 30 heavy (non-hydrogen) atoms. The van der Waals surface area contributed by atoms with Crippen LogP contribution in [0.5, 0.6) is 0 Å². The molecule has 2 heterocycles. The van der Waals surface area contributed by atoms with Crippen molar-refractivity contribution in [3.05, 3.63) is 0 Å². The van der Waals surface area contributed by atoms with Gasteiger partial charge < -0.3 is 25.0 Å². The van der Waals surface area contributed by atoms with Crippen LogP contribution in [0.1, 0.15) is 80.1 Å². The Bertz CT molecular complexity index is 516. The molecule has 2 aliphatic rings. The number of nitrogens with two attached hydrogens (primary N) is 1. The fraction of sp³-hybridized carbons (Fsp3) is 0.913. The number of carbonyl (C=O) groups is 2. The summed E-state index contributed by atoms with van der Waals surface area (Å²) in [5, 5.41) is 0. The number of piperidine rings is 2. The number of hydrogen-bond donors (Lipinski definition) is 1. The highest BCUT2D eigenvalue weighted by Crippen LogP contribution is 2.28. The van der Waals surface area contributed by atoms with Gasteiger partial charge in [-0.15, -0.1) is 0 Å².